The van der Waals surface area contributed by atoms with E-state index in [1.165, 1.54) is 6.92 Å². The van der Waals surface area contributed by atoms with Crippen molar-refractivity contribution in [2.45, 2.75) is 25.4 Å². The van der Waals surface area contributed by atoms with Crippen molar-refractivity contribution >= 4 is 10.1 Å². The first-order valence-electron chi connectivity index (χ1n) is 3.64. The largest absolute Gasteiger partial charge is 1.00 e. The monoisotopic (exact) mass is 232 g/mol. The van der Waals surface area contributed by atoms with Crippen molar-refractivity contribution in [3.63, 3.8) is 0 Å². The Balaban J connectivity index is 0. The molecule has 0 fully saturated rings. The Morgan fingerprint density at radius 1 is 1.64 bits per heavy atom. The van der Waals surface area contributed by atoms with Crippen molar-refractivity contribution in [2.24, 2.45) is 0 Å². The van der Waals surface area contributed by atoms with E-state index in [1.807, 2.05) is 0 Å². The number of aliphatic hydroxyl groups excluding tert-OH is 1. The summed E-state index contributed by atoms with van der Waals surface area (Å²) in [6.45, 7) is 6.21. The van der Waals surface area contributed by atoms with E-state index in [1.54, 1.807) is 6.92 Å². The van der Waals surface area contributed by atoms with Gasteiger partial charge in [-0.2, -0.15) is 0 Å². The Bertz CT molecular complexity index is 272. The average molecular weight is 232 g/mol. The molecule has 1 N–H and O–H groups in total. The van der Waals surface area contributed by atoms with Crippen LogP contribution in [0.1, 0.15) is 13.8 Å². The second-order valence-corrected chi connectivity index (χ2v) is 4.32. The molecule has 78 valence electrons. The fourth-order valence-electron chi connectivity index (χ4n) is 0.688. The van der Waals surface area contributed by atoms with E-state index in [9.17, 15) is 13.0 Å². The van der Waals surface area contributed by atoms with Gasteiger partial charge in [-0.15, -0.1) is 0 Å². The van der Waals surface area contributed by atoms with Crippen LogP contribution in [-0.4, -0.2) is 36.2 Å². The summed E-state index contributed by atoms with van der Waals surface area (Å²) in [7, 11) is -4.62. The van der Waals surface area contributed by atoms with Gasteiger partial charge in [-0.3, -0.25) is 0 Å². The maximum absolute atomic E-state index is 10.5. The van der Waals surface area contributed by atoms with Crippen molar-refractivity contribution in [3.8, 4) is 0 Å². The third-order valence-corrected chi connectivity index (χ3v) is 2.27. The first kappa shape index (κ1) is 17.0. The van der Waals surface area contributed by atoms with Crippen molar-refractivity contribution in [3.05, 3.63) is 12.2 Å². The maximum Gasteiger partial charge on any atom is 1.00 e. The third-order valence-electron chi connectivity index (χ3n) is 1.17. The number of rotatable bonds is 5. The summed E-state index contributed by atoms with van der Waals surface area (Å²) in [4.78, 5) is 0. The Morgan fingerprint density at radius 2 is 2.07 bits per heavy atom. The fourth-order valence-corrected chi connectivity index (χ4v) is 1.41. The Hall–Kier alpha value is 0.570. The molecule has 2 unspecified atom stereocenters. The van der Waals surface area contributed by atoms with E-state index >= 15 is 0 Å². The van der Waals surface area contributed by atoms with Crippen LogP contribution in [0.25, 0.3) is 0 Å². The molecule has 0 aliphatic heterocycles. The topological polar surface area (TPSA) is 86.7 Å². The summed E-state index contributed by atoms with van der Waals surface area (Å²) < 4.78 is 36.2. The summed E-state index contributed by atoms with van der Waals surface area (Å²) >= 11 is 0. The predicted molar refractivity (Wildman–Crippen MR) is 45.9 cm³/mol. The van der Waals surface area contributed by atoms with Crippen molar-refractivity contribution in [1.82, 2.24) is 0 Å². The molecule has 14 heavy (non-hydrogen) atoms. The number of hydrogen-bond acceptors (Lipinski definition) is 5. The summed E-state index contributed by atoms with van der Waals surface area (Å²) in [6.07, 6.45) is -1.35. The van der Waals surface area contributed by atoms with Crippen molar-refractivity contribution in [2.75, 3.05) is 6.61 Å². The second kappa shape index (κ2) is 6.95. The molecule has 7 heteroatoms. The maximum atomic E-state index is 10.5. The van der Waals surface area contributed by atoms with Gasteiger partial charge in [-0.1, -0.05) is 12.2 Å². The molecule has 0 aromatic rings. The van der Waals surface area contributed by atoms with Gasteiger partial charge in [0.05, 0.1) is 12.7 Å². The van der Waals surface area contributed by atoms with Crippen LogP contribution in [0, 0.1) is 0 Å². The van der Waals surface area contributed by atoms with Gasteiger partial charge in [0.2, 0.25) is 0 Å². The Morgan fingerprint density at radius 3 is 2.29 bits per heavy atom. The molecule has 0 amide bonds. The minimum atomic E-state index is -4.62. The van der Waals surface area contributed by atoms with Gasteiger partial charge in [0.1, 0.15) is 10.1 Å². The molecular formula is C7H13NaO5S. The fraction of sp³-hybridized carbons (Fsp3) is 0.714. The number of aliphatic hydroxyl groups is 1. The minimum absolute atomic E-state index is 0. The number of hydrogen-bond donors (Lipinski definition) is 1. The zero-order chi connectivity index (χ0) is 10.6. The van der Waals surface area contributed by atoms with E-state index in [4.69, 9.17) is 5.11 Å². The second-order valence-electron chi connectivity index (χ2n) is 2.87. The SMILES string of the molecule is C=C(C)COC(C(C)O)S(=O)(=O)[O-].[Na+]. The molecule has 0 aliphatic carbocycles. The van der Waals surface area contributed by atoms with Crippen LogP contribution < -0.4 is 29.6 Å². The van der Waals surface area contributed by atoms with Gasteiger partial charge < -0.3 is 14.4 Å². The molecule has 0 spiro atoms. The van der Waals surface area contributed by atoms with Crippen LogP contribution in [-0.2, 0) is 14.9 Å². The molecule has 0 aromatic heterocycles. The quantitative estimate of drug-likeness (QED) is 0.307. The summed E-state index contributed by atoms with van der Waals surface area (Å²) in [5, 5.41) is 8.93. The molecule has 2 atom stereocenters. The van der Waals surface area contributed by atoms with Crippen LogP contribution in [0.15, 0.2) is 12.2 Å². The van der Waals surface area contributed by atoms with Gasteiger partial charge in [0.15, 0.2) is 5.44 Å². The molecule has 0 rings (SSSR count). The van der Waals surface area contributed by atoms with Crippen LogP contribution in [0.5, 0.6) is 0 Å². The first-order valence-corrected chi connectivity index (χ1v) is 5.11. The van der Waals surface area contributed by atoms with Crippen LogP contribution in [0.3, 0.4) is 0 Å². The van der Waals surface area contributed by atoms with Gasteiger partial charge >= 0.3 is 29.6 Å². The minimum Gasteiger partial charge on any atom is -0.746 e. The molecule has 0 aliphatic rings. The number of ether oxygens (including phenoxy) is 1. The van der Waals surface area contributed by atoms with Crippen molar-refractivity contribution in [1.29, 1.82) is 0 Å². The Labute approximate surface area is 106 Å². The van der Waals surface area contributed by atoms with Crippen LogP contribution >= 0.6 is 0 Å². The van der Waals surface area contributed by atoms with Crippen LogP contribution in [0.4, 0.5) is 0 Å². The molecule has 0 saturated heterocycles. The van der Waals surface area contributed by atoms with E-state index in [0.717, 1.165) is 0 Å². The Kier molecular flexibility index (Phi) is 8.42. The van der Waals surface area contributed by atoms with E-state index in [-0.39, 0.29) is 36.2 Å². The smallest absolute Gasteiger partial charge is 0.746 e. The molecule has 0 aromatic carbocycles. The molecule has 5 nitrogen and oxygen atoms in total. The molecule has 0 bridgehead atoms. The van der Waals surface area contributed by atoms with Gasteiger partial charge in [0, 0.05) is 0 Å². The summed E-state index contributed by atoms with van der Waals surface area (Å²) in [5.74, 6) is 0. The zero-order valence-corrected chi connectivity index (χ0v) is 11.4. The third kappa shape index (κ3) is 6.94. The molecule has 0 saturated carbocycles. The summed E-state index contributed by atoms with van der Waals surface area (Å²) in [6, 6.07) is 0. The van der Waals surface area contributed by atoms with E-state index in [0.29, 0.717) is 5.57 Å². The molecule has 0 heterocycles. The van der Waals surface area contributed by atoms with Gasteiger partial charge in [0.25, 0.3) is 0 Å². The average Bonchev–Trinajstić information content (AvgIpc) is 1.81. The molecule has 0 radical (unpaired) electrons. The first-order chi connectivity index (χ1) is 5.75. The normalized spacial score (nSPS) is 15.4. The zero-order valence-electron chi connectivity index (χ0n) is 8.56. The van der Waals surface area contributed by atoms with Gasteiger partial charge in [-0.05, 0) is 13.8 Å². The summed E-state index contributed by atoms with van der Waals surface area (Å²) in [5.41, 5.74) is -1.14. The van der Waals surface area contributed by atoms with E-state index in [2.05, 4.69) is 11.3 Å². The predicted octanol–water partition coefficient (Wildman–Crippen LogP) is -3.16. The molecular weight excluding hydrogens is 219 g/mol. The van der Waals surface area contributed by atoms with E-state index < -0.39 is 21.7 Å². The van der Waals surface area contributed by atoms with Gasteiger partial charge in [-0.25, -0.2) is 8.42 Å². The van der Waals surface area contributed by atoms with Crippen molar-refractivity contribution < 1.29 is 52.4 Å². The standard InChI is InChI=1S/C7H14O5S.Na/c1-5(2)4-12-7(6(3)8)13(9,10)11;/h6-8H,1,4H2,2-3H3,(H,9,10,11);/q;+1/p-1. The van der Waals surface area contributed by atoms with Crippen LogP contribution in [0.2, 0.25) is 0 Å².